The summed E-state index contributed by atoms with van der Waals surface area (Å²) >= 11 is 6.03. The summed E-state index contributed by atoms with van der Waals surface area (Å²) in [5.41, 5.74) is 4.52. The fourth-order valence-electron chi connectivity index (χ4n) is 3.47. The summed E-state index contributed by atoms with van der Waals surface area (Å²) in [7, 11) is 0. The molecular formula is C19H18ClN3O. The van der Waals surface area contributed by atoms with E-state index in [4.69, 9.17) is 11.6 Å². The van der Waals surface area contributed by atoms with E-state index in [1.807, 2.05) is 41.3 Å². The molecular weight excluding hydrogens is 322 g/mol. The number of hydrogen-bond acceptors (Lipinski definition) is 2. The van der Waals surface area contributed by atoms with E-state index in [9.17, 15) is 4.79 Å². The topological polar surface area (TPSA) is 38.1 Å². The number of carbonyl (C=O) groups is 1. The molecule has 0 N–H and O–H groups in total. The third-order valence-corrected chi connectivity index (χ3v) is 4.78. The number of hydrogen-bond donors (Lipinski definition) is 0. The largest absolute Gasteiger partial charge is 0.336 e. The molecule has 3 aromatic rings. The highest BCUT2D eigenvalue weighted by molar-refractivity contribution is 6.30. The van der Waals surface area contributed by atoms with Crippen molar-refractivity contribution < 1.29 is 4.79 Å². The lowest BCUT2D eigenvalue weighted by atomic mass is 10.0. The summed E-state index contributed by atoms with van der Waals surface area (Å²) in [6, 6.07) is 11.6. The molecule has 5 heteroatoms. The average Bonchev–Trinajstić information content (AvgIpc) is 2.94. The lowest BCUT2D eigenvalue weighted by Gasteiger charge is -2.29. The van der Waals surface area contributed by atoms with E-state index in [2.05, 4.69) is 16.5 Å². The second-order valence-electron chi connectivity index (χ2n) is 6.05. The van der Waals surface area contributed by atoms with Crippen LogP contribution >= 0.6 is 11.6 Å². The molecule has 0 aliphatic carbocycles. The number of pyridine rings is 1. The molecule has 24 heavy (non-hydrogen) atoms. The fourth-order valence-corrected chi connectivity index (χ4v) is 3.60. The highest BCUT2D eigenvalue weighted by Gasteiger charge is 2.31. The average molecular weight is 340 g/mol. The Morgan fingerprint density at radius 3 is 2.71 bits per heavy atom. The van der Waals surface area contributed by atoms with Crippen LogP contribution in [0.5, 0.6) is 0 Å². The van der Waals surface area contributed by atoms with Crippen LogP contribution in [0.4, 0.5) is 0 Å². The van der Waals surface area contributed by atoms with Crippen LogP contribution in [-0.4, -0.2) is 33.4 Å². The predicted octanol–water partition coefficient (Wildman–Crippen LogP) is 4.22. The number of benzene rings is 1. The maximum absolute atomic E-state index is 13.1. The summed E-state index contributed by atoms with van der Waals surface area (Å²) in [6.07, 6.45) is 2.74. The fraction of sp³-hybridized carbons (Fsp3) is 0.263. The van der Waals surface area contributed by atoms with Gasteiger partial charge >= 0.3 is 0 Å². The number of carbonyl (C=O) groups excluding carboxylic acids is 1. The summed E-state index contributed by atoms with van der Waals surface area (Å²) in [6.45, 7) is 4.43. The van der Waals surface area contributed by atoms with Gasteiger partial charge in [-0.3, -0.25) is 9.78 Å². The van der Waals surface area contributed by atoms with Crippen molar-refractivity contribution in [1.82, 2.24) is 14.5 Å². The van der Waals surface area contributed by atoms with Gasteiger partial charge in [-0.05, 0) is 36.2 Å². The molecule has 0 saturated heterocycles. The van der Waals surface area contributed by atoms with E-state index in [0.717, 1.165) is 53.9 Å². The molecule has 2 aromatic heterocycles. The van der Waals surface area contributed by atoms with Crippen molar-refractivity contribution in [2.75, 3.05) is 13.1 Å². The van der Waals surface area contributed by atoms with Gasteiger partial charge in [0.05, 0.1) is 11.0 Å². The van der Waals surface area contributed by atoms with E-state index < -0.39 is 0 Å². The number of aromatic nitrogens is 2. The van der Waals surface area contributed by atoms with Crippen molar-refractivity contribution in [3.8, 4) is 11.1 Å². The zero-order chi connectivity index (χ0) is 16.7. The maximum Gasteiger partial charge on any atom is 0.271 e. The summed E-state index contributed by atoms with van der Waals surface area (Å²) in [5.74, 6) is 0.0889. The van der Waals surface area contributed by atoms with Gasteiger partial charge in [0.25, 0.3) is 5.91 Å². The summed E-state index contributed by atoms with van der Waals surface area (Å²) in [4.78, 5) is 19.6. The van der Waals surface area contributed by atoms with Gasteiger partial charge in [-0.2, -0.15) is 0 Å². The van der Waals surface area contributed by atoms with Crippen molar-refractivity contribution in [3.05, 3.63) is 53.3 Å². The van der Waals surface area contributed by atoms with Crippen LogP contribution in [0.15, 0.2) is 42.6 Å². The normalized spacial score (nSPS) is 14.2. The molecule has 1 amide bonds. The van der Waals surface area contributed by atoms with Crippen molar-refractivity contribution in [2.45, 2.75) is 19.9 Å². The zero-order valence-electron chi connectivity index (χ0n) is 13.5. The van der Waals surface area contributed by atoms with Crippen LogP contribution in [0, 0.1) is 0 Å². The number of fused-ring (bicyclic) bond motifs is 3. The zero-order valence-corrected chi connectivity index (χ0v) is 14.3. The van der Waals surface area contributed by atoms with Crippen LogP contribution in [0.1, 0.15) is 23.8 Å². The Bertz CT molecular complexity index is 914. The van der Waals surface area contributed by atoms with E-state index in [0.29, 0.717) is 5.02 Å². The SMILES string of the molecule is CCCN1CCn2c(c(-c3ccc(Cl)cc3)c3ncccc32)C1=O. The maximum atomic E-state index is 13.1. The Balaban J connectivity index is 1.99. The lowest BCUT2D eigenvalue weighted by molar-refractivity contribution is 0.0708. The Morgan fingerprint density at radius 1 is 1.17 bits per heavy atom. The first-order valence-electron chi connectivity index (χ1n) is 8.23. The summed E-state index contributed by atoms with van der Waals surface area (Å²) < 4.78 is 2.11. The molecule has 3 heterocycles. The molecule has 0 unspecified atom stereocenters. The third kappa shape index (κ3) is 2.29. The summed E-state index contributed by atoms with van der Waals surface area (Å²) in [5, 5.41) is 0.683. The second kappa shape index (κ2) is 5.95. The predicted molar refractivity (Wildman–Crippen MR) is 96.4 cm³/mol. The lowest BCUT2D eigenvalue weighted by Crippen LogP contribution is -2.40. The molecule has 0 saturated carbocycles. The molecule has 0 fully saturated rings. The first-order chi connectivity index (χ1) is 11.7. The smallest absolute Gasteiger partial charge is 0.271 e. The van der Waals surface area contributed by atoms with E-state index in [-0.39, 0.29) is 5.91 Å². The van der Waals surface area contributed by atoms with Crippen LogP contribution in [-0.2, 0) is 6.54 Å². The Kier molecular flexibility index (Phi) is 3.77. The minimum absolute atomic E-state index is 0.0889. The highest BCUT2D eigenvalue weighted by atomic mass is 35.5. The van der Waals surface area contributed by atoms with Gasteiger partial charge in [-0.1, -0.05) is 30.7 Å². The van der Waals surface area contributed by atoms with Crippen molar-refractivity contribution in [1.29, 1.82) is 0 Å². The number of amides is 1. The highest BCUT2D eigenvalue weighted by Crippen LogP contribution is 2.36. The molecule has 1 aromatic carbocycles. The Labute approximate surface area is 145 Å². The molecule has 1 aliphatic heterocycles. The van der Waals surface area contributed by atoms with Crippen molar-refractivity contribution in [3.63, 3.8) is 0 Å². The molecule has 4 rings (SSSR count). The molecule has 4 nitrogen and oxygen atoms in total. The Hall–Kier alpha value is -2.33. The van der Waals surface area contributed by atoms with Gasteiger partial charge in [0.1, 0.15) is 5.69 Å². The van der Waals surface area contributed by atoms with Crippen molar-refractivity contribution >= 4 is 28.5 Å². The van der Waals surface area contributed by atoms with Gasteiger partial charge in [-0.15, -0.1) is 0 Å². The van der Waals surface area contributed by atoms with Crippen LogP contribution in [0.2, 0.25) is 5.02 Å². The number of nitrogens with zero attached hydrogens (tertiary/aromatic N) is 3. The Morgan fingerprint density at radius 2 is 1.96 bits per heavy atom. The van der Waals surface area contributed by atoms with Gasteiger partial charge in [0.15, 0.2) is 0 Å². The van der Waals surface area contributed by atoms with Gasteiger partial charge in [0, 0.05) is 36.4 Å². The number of rotatable bonds is 3. The van der Waals surface area contributed by atoms with Crippen LogP contribution in [0.3, 0.4) is 0 Å². The minimum Gasteiger partial charge on any atom is -0.336 e. The van der Waals surface area contributed by atoms with E-state index >= 15 is 0 Å². The van der Waals surface area contributed by atoms with Crippen LogP contribution < -0.4 is 0 Å². The van der Waals surface area contributed by atoms with Gasteiger partial charge in [-0.25, -0.2) is 0 Å². The quantitative estimate of drug-likeness (QED) is 0.716. The molecule has 0 bridgehead atoms. The van der Waals surface area contributed by atoms with Gasteiger partial charge < -0.3 is 9.47 Å². The minimum atomic E-state index is 0.0889. The molecule has 0 atom stereocenters. The van der Waals surface area contributed by atoms with Gasteiger partial charge in [0.2, 0.25) is 0 Å². The molecule has 0 spiro atoms. The standard InChI is InChI=1S/C19H18ClN3O/c1-2-10-22-11-12-23-15-4-3-9-21-17(15)16(18(23)19(22)24)13-5-7-14(20)8-6-13/h3-9H,2,10-12H2,1H3. The van der Waals surface area contributed by atoms with E-state index in [1.54, 1.807) is 6.20 Å². The molecule has 0 radical (unpaired) electrons. The first kappa shape index (κ1) is 15.2. The third-order valence-electron chi connectivity index (χ3n) is 4.53. The monoisotopic (exact) mass is 339 g/mol. The molecule has 1 aliphatic rings. The van der Waals surface area contributed by atoms with E-state index in [1.165, 1.54) is 0 Å². The van der Waals surface area contributed by atoms with Crippen LogP contribution in [0.25, 0.3) is 22.2 Å². The first-order valence-corrected chi connectivity index (χ1v) is 8.61. The second-order valence-corrected chi connectivity index (χ2v) is 6.48. The van der Waals surface area contributed by atoms with Crippen molar-refractivity contribution in [2.24, 2.45) is 0 Å². The molecule has 122 valence electrons. The number of halogens is 1.